The number of amides is 2. The zero-order valence-corrected chi connectivity index (χ0v) is 26.9. The molecule has 0 aromatic carbocycles. The van der Waals surface area contributed by atoms with Crippen LogP contribution in [-0.4, -0.2) is 128 Å². The molecule has 12 heteroatoms. The van der Waals surface area contributed by atoms with E-state index < -0.39 is 36.5 Å². The van der Waals surface area contributed by atoms with Crippen LogP contribution in [0.15, 0.2) is 4.99 Å². The summed E-state index contributed by atoms with van der Waals surface area (Å²) in [5, 5.41) is 6.24. The molecule has 4 fully saturated rings. The predicted molar refractivity (Wildman–Crippen MR) is 169 cm³/mol. The monoisotopic (exact) mass is 622 g/mol. The lowest BCUT2D eigenvalue weighted by molar-refractivity contribution is -0.140. The molecule has 250 valence electrons. The highest BCUT2D eigenvalue weighted by molar-refractivity contribution is 6.05. The second-order valence-electron chi connectivity index (χ2n) is 14.5. The molecule has 4 aliphatic heterocycles. The molecule has 2 amide bonds. The zero-order chi connectivity index (χ0) is 31.4. The largest absolute Gasteiger partial charge is 0.350 e. The van der Waals surface area contributed by atoms with Gasteiger partial charge in [0.05, 0.1) is 24.8 Å². The van der Waals surface area contributed by atoms with E-state index in [1.165, 1.54) is 6.42 Å². The molecule has 0 bridgehead atoms. The first-order chi connectivity index (χ1) is 21.1. The van der Waals surface area contributed by atoms with Crippen molar-refractivity contribution < 1.29 is 18.4 Å². The number of nitrogens with one attached hydrogen (secondary N) is 2. The van der Waals surface area contributed by atoms with E-state index in [0.29, 0.717) is 57.1 Å². The number of carbonyl (C=O) groups is 2. The Labute approximate surface area is 262 Å². The van der Waals surface area contributed by atoms with Gasteiger partial charge in [0.1, 0.15) is 18.3 Å². The maximum atomic E-state index is 15.6. The number of aliphatic imine (C=N–C) groups is 1. The average Bonchev–Trinajstić information content (AvgIpc) is 3.00. The van der Waals surface area contributed by atoms with Crippen molar-refractivity contribution in [3.8, 4) is 0 Å². The molecule has 3 saturated heterocycles. The van der Waals surface area contributed by atoms with Crippen LogP contribution in [0.4, 0.5) is 8.78 Å². The number of likely N-dealkylation sites (tertiary alicyclic amines) is 1. The summed E-state index contributed by atoms with van der Waals surface area (Å²) in [6, 6.07) is -0.677. The van der Waals surface area contributed by atoms with E-state index in [1.807, 2.05) is 4.90 Å². The summed E-state index contributed by atoms with van der Waals surface area (Å²) in [6.45, 7) is 6.36. The molecule has 0 radical (unpaired) electrons. The highest BCUT2D eigenvalue weighted by Gasteiger charge is 2.44. The van der Waals surface area contributed by atoms with Crippen molar-refractivity contribution in [1.29, 1.82) is 0 Å². The Balaban J connectivity index is 1.25. The van der Waals surface area contributed by atoms with Gasteiger partial charge in [0.25, 0.3) is 0 Å². The Kier molecular flexibility index (Phi) is 11.3. The molecular weight excluding hydrogens is 566 g/mol. The normalized spacial score (nSPS) is 35.0. The van der Waals surface area contributed by atoms with Crippen molar-refractivity contribution in [2.45, 2.75) is 108 Å². The van der Waals surface area contributed by atoms with Gasteiger partial charge in [0.2, 0.25) is 11.8 Å². The number of carbonyl (C=O) groups excluding carboxylic acids is 2. The third-order valence-electron chi connectivity index (χ3n) is 11.4. The maximum absolute atomic E-state index is 15.6. The molecule has 1 spiro atoms. The molecule has 1 aliphatic carbocycles. The van der Waals surface area contributed by atoms with Crippen LogP contribution in [0.25, 0.3) is 0 Å². The van der Waals surface area contributed by atoms with E-state index in [4.69, 9.17) is 11.5 Å². The Morgan fingerprint density at radius 2 is 1.75 bits per heavy atom. The number of hydrogen-bond donors (Lipinski definition) is 4. The number of nitrogens with two attached hydrogens (primary N) is 2. The van der Waals surface area contributed by atoms with Crippen LogP contribution >= 0.6 is 0 Å². The summed E-state index contributed by atoms with van der Waals surface area (Å²) in [5.41, 5.74) is 13.0. The van der Waals surface area contributed by atoms with Crippen molar-refractivity contribution in [3.05, 3.63) is 0 Å². The van der Waals surface area contributed by atoms with Gasteiger partial charge in [-0.2, -0.15) is 0 Å². The fraction of sp³-hybridized carbons (Fsp3) is 0.906. The first kappa shape index (κ1) is 33.6. The lowest BCUT2D eigenvalue weighted by Gasteiger charge is -2.46. The van der Waals surface area contributed by atoms with Gasteiger partial charge in [-0.15, -0.1) is 0 Å². The van der Waals surface area contributed by atoms with Gasteiger partial charge in [-0.3, -0.25) is 19.5 Å². The number of piperazine rings is 1. The highest BCUT2D eigenvalue weighted by Crippen LogP contribution is 2.45. The minimum Gasteiger partial charge on any atom is -0.350 e. The second kappa shape index (κ2) is 14.8. The van der Waals surface area contributed by atoms with Gasteiger partial charge in [-0.25, -0.2) is 8.78 Å². The first-order valence-electron chi connectivity index (χ1n) is 17.1. The number of nitrogens with zero attached hydrogens (tertiary/aromatic N) is 4. The summed E-state index contributed by atoms with van der Waals surface area (Å²) in [6.07, 6.45) is 5.38. The van der Waals surface area contributed by atoms with Crippen LogP contribution in [0.2, 0.25) is 0 Å². The molecule has 1 saturated carbocycles. The molecule has 44 heavy (non-hydrogen) atoms. The van der Waals surface area contributed by atoms with Crippen molar-refractivity contribution in [2.75, 3.05) is 59.4 Å². The molecule has 6 N–H and O–H groups in total. The van der Waals surface area contributed by atoms with Crippen LogP contribution in [0, 0.1) is 17.3 Å². The van der Waals surface area contributed by atoms with Crippen LogP contribution in [0.1, 0.15) is 71.1 Å². The molecule has 4 heterocycles. The van der Waals surface area contributed by atoms with Gasteiger partial charge in [-0.05, 0) is 77.4 Å². The molecular formula is C32H56F2N8O2. The summed E-state index contributed by atoms with van der Waals surface area (Å²) in [5.74, 6) is -1.10. The topological polar surface area (TPSA) is 132 Å². The number of alkyl halides is 2. The average molecular weight is 623 g/mol. The highest BCUT2D eigenvalue weighted by atomic mass is 19.1. The van der Waals surface area contributed by atoms with Crippen LogP contribution in [-0.2, 0) is 9.59 Å². The number of piperidine rings is 2. The molecule has 0 aromatic heterocycles. The summed E-state index contributed by atoms with van der Waals surface area (Å²) >= 11 is 0. The van der Waals surface area contributed by atoms with Crippen molar-refractivity contribution in [3.63, 3.8) is 0 Å². The molecule has 5 unspecified atom stereocenters. The first-order valence-corrected chi connectivity index (χ1v) is 17.1. The number of hydrogen-bond acceptors (Lipinski definition) is 8. The number of halogens is 2. The summed E-state index contributed by atoms with van der Waals surface area (Å²) in [4.78, 5) is 38.3. The Hall–Kier alpha value is -1.73. The zero-order valence-electron chi connectivity index (χ0n) is 26.9. The predicted octanol–water partition coefficient (Wildman–Crippen LogP) is 1.43. The molecule has 5 rings (SSSR count). The third-order valence-corrected chi connectivity index (χ3v) is 11.4. The van der Waals surface area contributed by atoms with E-state index in [1.54, 1.807) is 0 Å². The molecule has 6 atom stereocenters. The van der Waals surface area contributed by atoms with Gasteiger partial charge in [0, 0.05) is 50.4 Å². The molecule has 10 nitrogen and oxygen atoms in total. The van der Waals surface area contributed by atoms with E-state index in [9.17, 15) is 14.0 Å². The van der Waals surface area contributed by atoms with E-state index >= 15 is 4.39 Å². The lowest BCUT2D eigenvalue weighted by Crippen LogP contribution is -2.67. The van der Waals surface area contributed by atoms with Gasteiger partial charge in [0.15, 0.2) is 0 Å². The van der Waals surface area contributed by atoms with E-state index in [0.717, 1.165) is 51.7 Å². The molecule has 5 aliphatic rings. The van der Waals surface area contributed by atoms with Crippen molar-refractivity contribution in [1.82, 2.24) is 25.3 Å². The molecule has 0 aromatic rings. The van der Waals surface area contributed by atoms with Crippen molar-refractivity contribution >= 4 is 17.5 Å². The quantitative estimate of drug-likeness (QED) is 0.330. The minimum atomic E-state index is -1.18. The van der Waals surface area contributed by atoms with Crippen LogP contribution in [0.5, 0.6) is 0 Å². The Morgan fingerprint density at radius 1 is 1.02 bits per heavy atom. The summed E-state index contributed by atoms with van der Waals surface area (Å²) in [7, 11) is 2.09. The number of likely N-dealkylation sites (N-methyl/N-ethyl adjacent to an activating group) is 1. The fourth-order valence-electron chi connectivity index (χ4n) is 8.50. The SMILES string of the molecule is C[C@@H]1CN(C(=O)C2CCN(C3C(F)CNCC3NC(=O)C(/C3=N/CC(F)CCC4(CCCCC4)C3)C(N)N)CC2)CCN1C. The van der Waals surface area contributed by atoms with E-state index in [-0.39, 0.29) is 36.2 Å². The number of rotatable bonds is 6. The van der Waals surface area contributed by atoms with Gasteiger partial charge in [-0.1, -0.05) is 19.3 Å². The lowest BCUT2D eigenvalue weighted by atomic mass is 9.66. The van der Waals surface area contributed by atoms with Gasteiger partial charge < -0.3 is 31.9 Å². The smallest absolute Gasteiger partial charge is 0.232 e. The minimum absolute atomic E-state index is 0.0166. The van der Waals surface area contributed by atoms with Crippen LogP contribution in [0.3, 0.4) is 0 Å². The third kappa shape index (κ3) is 7.79. The standard InChI is InChI=1S/C32H56F2N8O2/c1-21-20-42(15-14-40(21)2)31(44)22-7-12-41(13-8-22)28-24(34)18-37-19-26(28)39-30(43)27(29(35)36)25-16-32(9-4-3-5-10-32)11-6-23(33)17-38-25/h21-24,26-29,37H,3-20,35-36H2,1-2H3,(H,39,43)/b38-25+/t21-,23?,24?,26?,27?,28?/m1/s1. The Bertz CT molecular complexity index is 1020. The maximum Gasteiger partial charge on any atom is 0.232 e. The summed E-state index contributed by atoms with van der Waals surface area (Å²) < 4.78 is 30.3. The second-order valence-corrected chi connectivity index (χ2v) is 14.5. The van der Waals surface area contributed by atoms with Crippen molar-refractivity contribution in [2.24, 2.45) is 33.7 Å². The Morgan fingerprint density at radius 3 is 2.43 bits per heavy atom. The van der Waals surface area contributed by atoms with E-state index in [2.05, 4.69) is 39.4 Å². The van der Waals surface area contributed by atoms with Crippen LogP contribution < -0.4 is 22.1 Å². The fourth-order valence-corrected chi connectivity index (χ4v) is 8.50. The van der Waals surface area contributed by atoms with Gasteiger partial charge >= 0.3 is 0 Å².